The number of nitrogens with one attached hydrogen (secondary N) is 1. The molecular weight excluding hydrogens is 496 g/mol. The largest absolute Gasteiger partial charge is 0.465 e. The number of aliphatic hydroxyl groups is 1. The summed E-state index contributed by atoms with van der Waals surface area (Å²) in [6.45, 7) is 5.68. The molecule has 202 valence electrons. The Morgan fingerprint density at radius 1 is 0.974 bits per heavy atom. The molecule has 0 unspecified atom stereocenters. The highest BCUT2D eigenvalue weighted by molar-refractivity contribution is 6.30. The zero-order chi connectivity index (χ0) is 26.8. The zero-order valence-corrected chi connectivity index (χ0v) is 23.0. The van der Waals surface area contributed by atoms with Crippen LogP contribution in [-0.2, 0) is 20.5 Å². The molecule has 0 atom stereocenters. The van der Waals surface area contributed by atoms with E-state index in [-0.39, 0.29) is 17.9 Å². The second-order valence-electron chi connectivity index (χ2n) is 10.2. The number of esters is 1. The molecule has 5 nitrogen and oxygen atoms in total. The van der Waals surface area contributed by atoms with Crippen molar-refractivity contribution in [2.45, 2.75) is 43.6 Å². The number of nitrogens with zero attached hydrogens (tertiary/aromatic N) is 1. The number of likely N-dealkylation sites (tertiary alicyclic amines) is 1. The van der Waals surface area contributed by atoms with Crippen LogP contribution in [0.1, 0.15) is 49.3 Å². The highest BCUT2D eigenvalue weighted by Crippen LogP contribution is 2.37. The molecular formula is C32H39ClN2O3. The van der Waals surface area contributed by atoms with Gasteiger partial charge in [-0.3, -0.25) is 4.79 Å². The minimum absolute atomic E-state index is 0.185. The summed E-state index contributed by atoms with van der Waals surface area (Å²) in [5.74, 6) is -0.232. The number of hydrogen-bond donors (Lipinski definition) is 2. The summed E-state index contributed by atoms with van der Waals surface area (Å²) in [5.41, 5.74) is 2.34. The van der Waals surface area contributed by atoms with Crippen LogP contribution in [-0.4, -0.2) is 55.3 Å². The summed E-state index contributed by atoms with van der Waals surface area (Å²) in [4.78, 5) is 14.5. The highest BCUT2D eigenvalue weighted by Gasteiger charge is 2.36. The van der Waals surface area contributed by atoms with Gasteiger partial charge in [-0.25, -0.2) is 0 Å². The highest BCUT2D eigenvalue weighted by atomic mass is 35.5. The summed E-state index contributed by atoms with van der Waals surface area (Å²) < 4.78 is 5.15. The molecule has 1 aliphatic rings. The third kappa shape index (κ3) is 7.03. The van der Waals surface area contributed by atoms with Crippen molar-refractivity contribution >= 4 is 17.6 Å². The van der Waals surface area contributed by atoms with E-state index in [0.717, 1.165) is 38.0 Å². The van der Waals surface area contributed by atoms with Crippen molar-refractivity contribution in [1.29, 1.82) is 0 Å². The predicted molar refractivity (Wildman–Crippen MR) is 153 cm³/mol. The Labute approximate surface area is 231 Å². The maximum Gasteiger partial charge on any atom is 0.319 e. The van der Waals surface area contributed by atoms with Crippen molar-refractivity contribution in [1.82, 2.24) is 10.2 Å². The maximum absolute atomic E-state index is 12.1. The van der Waals surface area contributed by atoms with Gasteiger partial charge >= 0.3 is 5.97 Å². The topological polar surface area (TPSA) is 61.8 Å². The first-order valence-electron chi connectivity index (χ1n) is 13.6. The molecule has 0 saturated carbocycles. The first-order chi connectivity index (χ1) is 18.4. The van der Waals surface area contributed by atoms with Crippen LogP contribution in [0.4, 0.5) is 0 Å². The summed E-state index contributed by atoms with van der Waals surface area (Å²) >= 11 is 6.05. The minimum atomic E-state index is -0.796. The first-order valence-corrected chi connectivity index (χ1v) is 14.0. The van der Waals surface area contributed by atoms with Gasteiger partial charge in [-0.05, 0) is 68.0 Å². The van der Waals surface area contributed by atoms with E-state index in [4.69, 9.17) is 16.3 Å². The molecule has 0 aromatic heterocycles. The van der Waals surface area contributed by atoms with E-state index in [0.29, 0.717) is 31.0 Å². The SMILES string of the molecule is CCOC(=O)CNCC(CCCN1CCC(O)(c2ccc(Cl)cc2)CC1)(c1ccccc1)c1ccccc1. The van der Waals surface area contributed by atoms with E-state index in [9.17, 15) is 9.90 Å². The van der Waals surface area contributed by atoms with Crippen LogP contribution < -0.4 is 5.32 Å². The van der Waals surface area contributed by atoms with E-state index >= 15 is 0 Å². The lowest BCUT2D eigenvalue weighted by molar-refractivity contribution is -0.142. The van der Waals surface area contributed by atoms with Gasteiger partial charge in [0.15, 0.2) is 0 Å². The molecule has 3 aromatic rings. The predicted octanol–water partition coefficient (Wildman–Crippen LogP) is 5.54. The fourth-order valence-electron chi connectivity index (χ4n) is 5.65. The van der Waals surface area contributed by atoms with Crippen LogP contribution in [0.3, 0.4) is 0 Å². The quantitative estimate of drug-likeness (QED) is 0.299. The van der Waals surface area contributed by atoms with Crippen LogP contribution in [0.15, 0.2) is 84.9 Å². The summed E-state index contributed by atoms with van der Waals surface area (Å²) in [6, 6.07) is 28.7. The van der Waals surface area contributed by atoms with Gasteiger partial charge in [-0.15, -0.1) is 0 Å². The fourth-order valence-corrected chi connectivity index (χ4v) is 5.78. The van der Waals surface area contributed by atoms with E-state index in [1.165, 1.54) is 11.1 Å². The summed E-state index contributed by atoms with van der Waals surface area (Å²) in [7, 11) is 0. The Morgan fingerprint density at radius 2 is 1.55 bits per heavy atom. The van der Waals surface area contributed by atoms with E-state index in [2.05, 4.69) is 58.7 Å². The molecule has 1 fully saturated rings. The van der Waals surface area contributed by atoms with Gasteiger partial charge in [0.05, 0.1) is 18.8 Å². The number of ether oxygens (including phenoxy) is 1. The molecule has 0 amide bonds. The van der Waals surface area contributed by atoms with Gasteiger partial charge in [-0.1, -0.05) is 84.4 Å². The van der Waals surface area contributed by atoms with Crippen molar-refractivity contribution < 1.29 is 14.6 Å². The molecule has 3 aromatic carbocycles. The molecule has 1 heterocycles. The number of carbonyl (C=O) groups is 1. The fraction of sp³-hybridized carbons (Fsp3) is 0.406. The van der Waals surface area contributed by atoms with Crippen molar-refractivity contribution in [3.63, 3.8) is 0 Å². The van der Waals surface area contributed by atoms with Crippen molar-refractivity contribution in [2.24, 2.45) is 0 Å². The molecule has 6 heteroatoms. The second-order valence-corrected chi connectivity index (χ2v) is 10.6. The minimum Gasteiger partial charge on any atom is -0.465 e. The molecule has 2 N–H and O–H groups in total. The molecule has 0 bridgehead atoms. The van der Waals surface area contributed by atoms with Gasteiger partial charge < -0.3 is 20.1 Å². The Balaban J connectivity index is 1.45. The van der Waals surface area contributed by atoms with Gasteiger partial charge in [0.1, 0.15) is 0 Å². The Bertz CT molecular complexity index is 1090. The average molecular weight is 535 g/mol. The number of benzene rings is 3. The van der Waals surface area contributed by atoms with Crippen molar-refractivity contribution in [3.05, 3.63) is 107 Å². The van der Waals surface area contributed by atoms with Gasteiger partial charge in [0, 0.05) is 30.1 Å². The van der Waals surface area contributed by atoms with Crippen molar-refractivity contribution in [2.75, 3.05) is 39.3 Å². The van der Waals surface area contributed by atoms with Crippen molar-refractivity contribution in [3.8, 4) is 0 Å². The molecule has 0 aliphatic carbocycles. The van der Waals surface area contributed by atoms with Crippen LogP contribution in [0.5, 0.6) is 0 Å². The molecule has 0 spiro atoms. The lowest BCUT2D eigenvalue weighted by Gasteiger charge is -2.40. The lowest BCUT2D eigenvalue weighted by Crippen LogP contribution is -2.44. The second kappa shape index (κ2) is 13.4. The number of rotatable bonds is 12. The Hall–Kier alpha value is -2.70. The third-order valence-corrected chi connectivity index (χ3v) is 8.05. The standard InChI is InChI=1S/C32H39ClN2O3/c1-2-38-30(36)24-34-25-31(26-10-5-3-6-11-26,27-12-7-4-8-13-27)18-9-21-35-22-19-32(37,20-23-35)28-14-16-29(33)17-15-28/h3-8,10-17,34,37H,2,9,18-25H2,1H3. The van der Waals surface area contributed by atoms with E-state index in [1.807, 2.05) is 43.3 Å². The monoisotopic (exact) mass is 534 g/mol. The maximum atomic E-state index is 12.1. The Kier molecular flexibility index (Phi) is 9.97. The molecule has 4 rings (SSSR count). The van der Waals surface area contributed by atoms with Crippen LogP contribution in [0.2, 0.25) is 5.02 Å². The molecule has 1 aliphatic heterocycles. The molecule has 1 saturated heterocycles. The van der Waals surface area contributed by atoms with Gasteiger partial charge in [0.25, 0.3) is 0 Å². The first kappa shape index (κ1) is 28.3. The lowest BCUT2D eigenvalue weighted by atomic mass is 9.71. The summed E-state index contributed by atoms with van der Waals surface area (Å²) in [6.07, 6.45) is 3.33. The molecule has 0 radical (unpaired) electrons. The van der Waals surface area contributed by atoms with Crippen LogP contribution >= 0.6 is 11.6 Å². The van der Waals surface area contributed by atoms with Crippen LogP contribution in [0, 0.1) is 0 Å². The average Bonchev–Trinajstić information content (AvgIpc) is 2.95. The zero-order valence-electron chi connectivity index (χ0n) is 22.2. The smallest absolute Gasteiger partial charge is 0.319 e. The number of carbonyl (C=O) groups excluding carboxylic acids is 1. The van der Waals surface area contributed by atoms with Gasteiger partial charge in [-0.2, -0.15) is 0 Å². The molecule has 38 heavy (non-hydrogen) atoms. The normalized spacial score (nSPS) is 15.8. The number of hydrogen-bond acceptors (Lipinski definition) is 5. The summed E-state index contributed by atoms with van der Waals surface area (Å²) in [5, 5.41) is 15.4. The van der Waals surface area contributed by atoms with Crippen LogP contribution in [0.25, 0.3) is 0 Å². The third-order valence-electron chi connectivity index (χ3n) is 7.80. The van der Waals surface area contributed by atoms with E-state index < -0.39 is 5.60 Å². The number of piperidine rings is 1. The van der Waals surface area contributed by atoms with Gasteiger partial charge in [0.2, 0.25) is 0 Å². The van der Waals surface area contributed by atoms with E-state index in [1.54, 1.807) is 0 Å². The Morgan fingerprint density at radius 3 is 2.11 bits per heavy atom. The number of halogens is 1.